The van der Waals surface area contributed by atoms with Gasteiger partial charge in [-0.1, -0.05) is 30.3 Å². The molecule has 1 amide bonds. The van der Waals surface area contributed by atoms with Gasteiger partial charge in [-0.25, -0.2) is 4.79 Å². The van der Waals surface area contributed by atoms with E-state index in [1.807, 2.05) is 18.2 Å². The summed E-state index contributed by atoms with van der Waals surface area (Å²) in [6.07, 6.45) is 0. The zero-order valence-corrected chi connectivity index (χ0v) is 18.6. The molecule has 8 heteroatoms. The normalized spacial score (nSPS) is 14.6. The summed E-state index contributed by atoms with van der Waals surface area (Å²) >= 11 is 0. The number of anilines is 1. The summed E-state index contributed by atoms with van der Waals surface area (Å²) in [6.45, 7) is 6.13. The topological polar surface area (TPSA) is 79.6 Å². The van der Waals surface area contributed by atoms with Gasteiger partial charge in [-0.2, -0.15) is 0 Å². The van der Waals surface area contributed by atoms with Gasteiger partial charge in [0.15, 0.2) is 0 Å². The van der Waals surface area contributed by atoms with Crippen LogP contribution in [0.5, 0.6) is 0 Å². The maximum absolute atomic E-state index is 12.9. The molecule has 32 heavy (non-hydrogen) atoms. The summed E-state index contributed by atoms with van der Waals surface area (Å²) < 4.78 is 2.54. The van der Waals surface area contributed by atoms with E-state index in [-0.39, 0.29) is 24.6 Å². The molecule has 4 rings (SSSR count). The monoisotopic (exact) mass is 435 g/mol. The third kappa shape index (κ3) is 4.31. The van der Waals surface area contributed by atoms with Crippen LogP contribution in [0.15, 0.2) is 58.1 Å². The van der Waals surface area contributed by atoms with Crippen LogP contribution in [0.2, 0.25) is 0 Å². The first kappa shape index (κ1) is 21.8. The van der Waals surface area contributed by atoms with E-state index in [9.17, 15) is 14.4 Å². The number of rotatable bonds is 6. The number of carbonyl (C=O) groups is 1. The standard InChI is InChI=1S/C24H29N5O3/c1-3-28-23(31)19-9-5-7-11-21(19)29(24(28)32)17-22(30)25-16-18-8-4-6-10-20(18)27-14-12-26(2)13-15-27/h4-11H,3,12-17H2,1-2H3,(H,25,30). The van der Waals surface area contributed by atoms with Crippen LogP contribution in [0.1, 0.15) is 12.5 Å². The lowest BCUT2D eigenvalue weighted by Crippen LogP contribution is -2.45. The average Bonchev–Trinajstić information content (AvgIpc) is 2.81. The highest BCUT2D eigenvalue weighted by Gasteiger charge is 2.18. The molecular weight excluding hydrogens is 406 g/mol. The molecular formula is C24H29N5O3. The Labute approximate surface area is 186 Å². The van der Waals surface area contributed by atoms with Gasteiger partial charge < -0.3 is 15.1 Å². The van der Waals surface area contributed by atoms with Crippen LogP contribution in [0.4, 0.5) is 5.69 Å². The number of aromatic nitrogens is 2. The Morgan fingerprint density at radius 3 is 2.38 bits per heavy atom. The van der Waals surface area contributed by atoms with Gasteiger partial charge in [0.2, 0.25) is 5.91 Å². The number of benzene rings is 2. The largest absolute Gasteiger partial charge is 0.369 e. The number of piperazine rings is 1. The van der Waals surface area contributed by atoms with Gasteiger partial charge in [0.1, 0.15) is 6.54 Å². The Kier molecular flexibility index (Phi) is 6.41. The van der Waals surface area contributed by atoms with Crippen LogP contribution >= 0.6 is 0 Å². The van der Waals surface area contributed by atoms with E-state index >= 15 is 0 Å². The predicted octanol–water partition coefficient (Wildman–Crippen LogP) is 1.25. The van der Waals surface area contributed by atoms with Crippen LogP contribution < -0.4 is 21.5 Å². The molecule has 1 aromatic heterocycles. The fraction of sp³-hybridized carbons (Fsp3) is 0.375. The van der Waals surface area contributed by atoms with Crippen molar-refractivity contribution in [3.05, 3.63) is 74.9 Å². The molecule has 0 unspecified atom stereocenters. The first-order chi connectivity index (χ1) is 15.5. The molecule has 1 saturated heterocycles. The Morgan fingerprint density at radius 1 is 0.938 bits per heavy atom. The highest BCUT2D eigenvalue weighted by molar-refractivity contribution is 5.81. The van der Waals surface area contributed by atoms with Crippen LogP contribution in [0, 0.1) is 0 Å². The fourth-order valence-electron chi connectivity index (χ4n) is 4.21. The minimum atomic E-state index is -0.468. The summed E-state index contributed by atoms with van der Waals surface area (Å²) in [5.74, 6) is -0.272. The molecule has 0 spiro atoms. The van der Waals surface area contributed by atoms with Crippen molar-refractivity contribution in [1.82, 2.24) is 19.4 Å². The summed E-state index contributed by atoms with van der Waals surface area (Å²) in [7, 11) is 2.12. The number of hydrogen-bond acceptors (Lipinski definition) is 5. The molecule has 1 fully saturated rings. The quantitative estimate of drug-likeness (QED) is 0.631. The lowest BCUT2D eigenvalue weighted by Gasteiger charge is -2.35. The summed E-state index contributed by atoms with van der Waals surface area (Å²) in [5, 5.41) is 3.39. The van der Waals surface area contributed by atoms with Crippen molar-refractivity contribution in [3.63, 3.8) is 0 Å². The van der Waals surface area contributed by atoms with Gasteiger partial charge in [0.25, 0.3) is 5.56 Å². The summed E-state index contributed by atoms with van der Waals surface area (Å²) in [6, 6.07) is 15.0. The first-order valence-electron chi connectivity index (χ1n) is 11.0. The molecule has 3 aromatic rings. The van der Waals surface area contributed by atoms with Crippen LogP contribution in [-0.4, -0.2) is 53.2 Å². The third-order valence-corrected chi connectivity index (χ3v) is 6.06. The fourth-order valence-corrected chi connectivity index (χ4v) is 4.21. The van der Waals surface area contributed by atoms with Crippen molar-refractivity contribution >= 4 is 22.5 Å². The Balaban J connectivity index is 1.53. The molecule has 2 heterocycles. The van der Waals surface area contributed by atoms with Crippen LogP contribution in [0.25, 0.3) is 10.9 Å². The van der Waals surface area contributed by atoms with E-state index in [0.717, 1.165) is 42.0 Å². The predicted molar refractivity (Wildman–Crippen MR) is 126 cm³/mol. The molecule has 1 aliphatic heterocycles. The van der Waals surface area contributed by atoms with Gasteiger partial charge >= 0.3 is 5.69 Å². The number of para-hydroxylation sites is 2. The Morgan fingerprint density at radius 2 is 1.62 bits per heavy atom. The summed E-state index contributed by atoms with van der Waals surface area (Å²) in [5.41, 5.74) is 1.85. The molecule has 2 aromatic carbocycles. The van der Waals surface area contributed by atoms with E-state index in [1.54, 1.807) is 31.2 Å². The SMILES string of the molecule is CCn1c(=O)c2ccccc2n(CC(=O)NCc2ccccc2N2CCN(C)CC2)c1=O. The Hall–Kier alpha value is -3.39. The molecule has 0 saturated carbocycles. The smallest absolute Gasteiger partial charge is 0.331 e. The van der Waals surface area contributed by atoms with Gasteiger partial charge in [-0.05, 0) is 37.7 Å². The zero-order chi connectivity index (χ0) is 22.7. The third-order valence-electron chi connectivity index (χ3n) is 6.06. The molecule has 8 nitrogen and oxygen atoms in total. The molecule has 0 radical (unpaired) electrons. The van der Waals surface area contributed by atoms with E-state index in [1.165, 1.54) is 4.57 Å². The van der Waals surface area contributed by atoms with Crippen LogP contribution in [-0.2, 0) is 24.4 Å². The highest BCUT2D eigenvalue weighted by Crippen LogP contribution is 2.21. The maximum Gasteiger partial charge on any atom is 0.331 e. The van der Waals surface area contributed by atoms with Crippen LogP contribution in [0.3, 0.4) is 0 Å². The van der Waals surface area contributed by atoms with Crippen molar-refractivity contribution in [2.24, 2.45) is 0 Å². The highest BCUT2D eigenvalue weighted by atomic mass is 16.2. The number of likely N-dealkylation sites (N-methyl/N-ethyl adjacent to an activating group) is 1. The molecule has 168 valence electrons. The second-order valence-electron chi connectivity index (χ2n) is 8.13. The molecule has 0 atom stereocenters. The molecule has 1 N–H and O–H groups in total. The van der Waals surface area contributed by atoms with Gasteiger partial charge in [0, 0.05) is 45.0 Å². The summed E-state index contributed by atoms with van der Waals surface area (Å²) in [4.78, 5) is 42.9. The number of nitrogens with zero attached hydrogens (tertiary/aromatic N) is 4. The first-order valence-corrected chi connectivity index (χ1v) is 11.0. The number of fused-ring (bicyclic) bond motifs is 1. The molecule has 0 aliphatic carbocycles. The molecule has 1 aliphatic rings. The average molecular weight is 436 g/mol. The van der Waals surface area contributed by atoms with Crippen molar-refractivity contribution in [1.29, 1.82) is 0 Å². The van der Waals surface area contributed by atoms with Crippen molar-refractivity contribution < 1.29 is 4.79 Å². The minimum Gasteiger partial charge on any atom is -0.369 e. The van der Waals surface area contributed by atoms with Crippen molar-refractivity contribution in [2.45, 2.75) is 26.6 Å². The van der Waals surface area contributed by atoms with E-state index in [0.29, 0.717) is 17.4 Å². The van der Waals surface area contributed by atoms with Crippen molar-refractivity contribution in [2.75, 3.05) is 38.1 Å². The lowest BCUT2D eigenvalue weighted by molar-refractivity contribution is -0.121. The van der Waals surface area contributed by atoms with E-state index in [2.05, 4.69) is 28.2 Å². The number of carbonyl (C=O) groups excluding carboxylic acids is 1. The lowest BCUT2D eigenvalue weighted by atomic mass is 10.1. The second-order valence-corrected chi connectivity index (χ2v) is 8.13. The minimum absolute atomic E-state index is 0.143. The van der Waals surface area contributed by atoms with E-state index in [4.69, 9.17) is 0 Å². The molecule has 0 bridgehead atoms. The number of hydrogen-bond donors (Lipinski definition) is 1. The second kappa shape index (κ2) is 9.40. The van der Waals surface area contributed by atoms with Gasteiger partial charge in [-0.15, -0.1) is 0 Å². The van der Waals surface area contributed by atoms with E-state index < -0.39 is 5.69 Å². The van der Waals surface area contributed by atoms with Gasteiger partial charge in [-0.3, -0.25) is 18.7 Å². The Bertz CT molecular complexity index is 1240. The van der Waals surface area contributed by atoms with Crippen molar-refractivity contribution in [3.8, 4) is 0 Å². The number of nitrogens with one attached hydrogen (secondary N) is 1. The number of amides is 1. The maximum atomic E-state index is 12.9. The van der Waals surface area contributed by atoms with Gasteiger partial charge in [0.05, 0.1) is 10.9 Å². The zero-order valence-electron chi connectivity index (χ0n) is 18.6.